The molecule has 2 aromatic heterocycles. The first kappa shape index (κ1) is 12.5. The largest absolute Gasteiger partial charge is 0.476 e. The van der Waals surface area contributed by atoms with E-state index in [9.17, 15) is 9.59 Å². The maximum Gasteiger partial charge on any atom is 0.412 e. The average Bonchev–Trinajstić information content (AvgIpc) is 2.92. The van der Waals surface area contributed by atoms with Crippen molar-refractivity contribution in [3.8, 4) is 5.69 Å². The molecule has 0 saturated carbocycles. The quantitative estimate of drug-likeness (QED) is 0.829. The molecule has 9 nitrogen and oxygen atoms in total. The molecule has 0 aliphatic rings. The number of methoxy groups -OCH3 is 1. The minimum Gasteiger partial charge on any atom is -0.476 e. The van der Waals surface area contributed by atoms with Crippen LogP contribution in [0.1, 0.15) is 10.5 Å². The van der Waals surface area contributed by atoms with E-state index in [0.717, 1.165) is 4.80 Å². The highest BCUT2D eigenvalue weighted by Gasteiger charge is 2.16. The van der Waals surface area contributed by atoms with Crippen LogP contribution in [0, 0.1) is 0 Å². The minimum absolute atomic E-state index is 0.0557. The summed E-state index contributed by atoms with van der Waals surface area (Å²) in [6, 6.07) is 2.85. The van der Waals surface area contributed by atoms with Gasteiger partial charge >= 0.3 is 12.1 Å². The van der Waals surface area contributed by atoms with Crippen LogP contribution in [0.15, 0.2) is 24.5 Å². The van der Waals surface area contributed by atoms with Gasteiger partial charge in [-0.05, 0) is 12.1 Å². The van der Waals surface area contributed by atoms with E-state index in [1.165, 1.54) is 31.6 Å². The van der Waals surface area contributed by atoms with Crippen LogP contribution in [0.4, 0.5) is 10.6 Å². The van der Waals surface area contributed by atoms with Gasteiger partial charge in [0, 0.05) is 0 Å². The van der Waals surface area contributed by atoms with E-state index < -0.39 is 12.1 Å². The molecule has 0 bridgehead atoms. The fraction of sp³-hybridized carbons (Fsp3) is 0.100. The Labute approximate surface area is 106 Å². The van der Waals surface area contributed by atoms with Crippen molar-refractivity contribution in [3.05, 3.63) is 30.2 Å². The highest BCUT2D eigenvalue weighted by Crippen LogP contribution is 2.14. The summed E-state index contributed by atoms with van der Waals surface area (Å²) in [5.74, 6) is -1.21. The van der Waals surface area contributed by atoms with E-state index in [1.807, 2.05) is 0 Å². The highest BCUT2D eigenvalue weighted by molar-refractivity contribution is 5.91. The second-order valence-electron chi connectivity index (χ2n) is 3.30. The second-order valence-corrected chi connectivity index (χ2v) is 3.30. The molecule has 0 fully saturated rings. The predicted octanol–water partition coefficient (Wildman–Crippen LogP) is 0.539. The zero-order valence-electron chi connectivity index (χ0n) is 9.77. The smallest absolute Gasteiger partial charge is 0.412 e. The zero-order valence-corrected chi connectivity index (χ0v) is 9.77. The maximum absolute atomic E-state index is 11.1. The van der Waals surface area contributed by atoms with Crippen LogP contribution in [-0.2, 0) is 4.74 Å². The van der Waals surface area contributed by atoms with E-state index >= 15 is 0 Å². The molecule has 1 amide bonds. The van der Waals surface area contributed by atoms with Crippen LogP contribution >= 0.6 is 0 Å². The number of aromatic carboxylic acids is 1. The Bertz CT molecular complexity index is 610. The fourth-order valence-electron chi connectivity index (χ4n) is 1.34. The topological polar surface area (TPSA) is 119 Å². The molecule has 0 aromatic carbocycles. The van der Waals surface area contributed by atoms with Crippen molar-refractivity contribution in [1.82, 2.24) is 20.0 Å². The lowest BCUT2D eigenvalue weighted by Gasteiger charge is -2.07. The van der Waals surface area contributed by atoms with Crippen LogP contribution < -0.4 is 5.32 Å². The monoisotopic (exact) mass is 263 g/mol. The summed E-state index contributed by atoms with van der Waals surface area (Å²) in [6.45, 7) is 0. The molecule has 0 unspecified atom stereocenters. The van der Waals surface area contributed by atoms with Gasteiger partial charge in [0.15, 0.2) is 5.69 Å². The van der Waals surface area contributed by atoms with Crippen LogP contribution in [0.25, 0.3) is 5.69 Å². The lowest BCUT2D eigenvalue weighted by atomic mass is 10.3. The molecular formula is C10H9N5O4. The van der Waals surface area contributed by atoms with Gasteiger partial charge in [0.2, 0.25) is 0 Å². The number of amides is 1. The number of anilines is 1. The van der Waals surface area contributed by atoms with Gasteiger partial charge in [-0.1, -0.05) is 0 Å². The number of ether oxygens (including phenoxy) is 1. The molecule has 0 spiro atoms. The minimum atomic E-state index is -1.26. The van der Waals surface area contributed by atoms with E-state index in [1.54, 1.807) is 0 Å². The number of carbonyl (C=O) groups excluding carboxylic acids is 1. The number of hydrogen-bond acceptors (Lipinski definition) is 6. The number of nitrogens with one attached hydrogen (secondary N) is 1. The summed E-state index contributed by atoms with van der Waals surface area (Å²) < 4.78 is 4.39. The third kappa shape index (κ3) is 2.65. The molecule has 0 aliphatic heterocycles. The standard InChI is InChI=1S/C10H9N5O4/c1-19-10(18)14-7-3-2-6(8(13-7)9(16)17)15-11-4-5-12-15/h2-5H,1H3,(H,16,17)(H,13,14,18). The van der Waals surface area contributed by atoms with Gasteiger partial charge < -0.3 is 9.84 Å². The summed E-state index contributed by atoms with van der Waals surface area (Å²) in [6.07, 6.45) is 2.08. The van der Waals surface area contributed by atoms with Gasteiger partial charge in [-0.2, -0.15) is 10.2 Å². The average molecular weight is 263 g/mol. The molecule has 0 aliphatic carbocycles. The number of aromatic nitrogens is 4. The normalized spacial score (nSPS) is 9.95. The number of hydrogen-bond donors (Lipinski definition) is 2. The number of nitrogens with zero attached hydrogens (tertiary/aromatic N) is 4. The second kappa shape index (κ2) is 5.12. The lowest BCUT2D eigenvalue weighted by molar-refractivity contribution is 0.0690. The Morgan fingerprint density at radius 1 is 1.32 bits per heavy atom. The van der Waals surface area contributed by atoms with Crippen LogP contribution in [-0.4, -0.2) is 44.3 Å². The molecule has 0 atom stereocenters. The third-order valence-electron chi connectivity index (χ3n) is 2.13. The molecular weight excluding hydrogens is 254 g/mol. The Hall–Kier alpha value is -2.97. The molecule has 19 heavy (non-hydrogen) atoms. The Balaban J connectivity index is 2.41. The maximum atomic E-state index is 11.1. The number of rotatable bonds is 3. The molecule has 98 valence electrons. The summed E-state index contributed by atoms with van der Waals surface area (Å²) in [5, 5.41) is 19.0. The first-order chi connectivity index (χ1) is 9.11. The summed E-state index contributed by atoms with van der Waals surface area (Å²) in [4.78, 5) is 27.1. The first-order valence-corrected chi connectivity index (χ1v) is 5.08. The van der Waals surface area contributed by atoms with E-state index in [0.29, 0.717) is 0 Å². The third-order valence-corrected chi connectivity index (χ3v) is 2.13. The van der Waals surface area contributed by atoms with Crippen molar-refractivity contribution in [3.63, 3.8) is 0 Å². The molecule has 0 radical (unpaired) electrons. The van der Waals surface area contributed by atoms with Crippen molar-refractivity contribution in [2.24, 2.45) is 0 Å². The van der Waals surface area contributed by atoms with Crippen molar-refractivity contribution in [1.29, 1.82) is 0 Å². The first-order valence-electron chi connectivity index (χ1n) is 5.08. The molecule has 9 heteroatoms. The van der Waals surface area contributed by atoms with Crippen LogP contribution in [0.3, 0.4) is 0 Å². The zero-order chi connectivity index (χ0) is 13.8. The summed E-state index contributed by atoms with van der Waals surface area (Å²) >= 11 is 0. The van der Waals surface area contributed by atoms with Gasteiger partial charge in [-0.25, -0.2) is 14.6 Å². The van der Waals surface area contributed by atoms with Crippen molar-refractivity contribution >= 4 is 17.9 Å². The van der Waals surface area contributed by atoms with Crippen LogP contribution in [0.5, 0.6) is 0 Å². The lowest BCUT2D eigenvalue weighted by Crippen LogP contribution is -2.16. The SMILES string of the molecule is COC(=O)Nc1ccc(-n2nccn2)c(C(=O)O)n1. The van der Waals surface area contributed by atoms with E-state index in [2.05, 4.69) is 25.2 Å². The molecule has 2 heterocycles. The van der Waals surface area contributed by atoms with E-state index in [-0.39, 0.29) is 17.2 Å². The predicted molar refractivity (Wildman–Crippen MR) is 62.1 cm³/mol. The number of carboxylic acids is 1. The Morgan fingerprint density at radius 2 is 2.00 bits per heavy atom. The number of pyridine rings is 1. The van der Waals surface area contributed by atoms with Gasteiger partial charge in [0.25, 0.3) is 0 Å². The fourth-order valence-corrected chi connectivity index (χ4v) is 1.34. The van der Waals surface area contributed by atoms with Crippen molar-refractivity contribution in [2.75, 3.05) is 12.4 Å². The van der Waals surface area contributed by atoms with Gasteiger partial charge in [-0.3, -0.25) is 5.32 Å². The molecule has 2 N–H and O–H groups in total. The molecule has 2 rings (SSSR count). The number of carboxylic acid groups (broad SMARTS) is 1. The summed E-state index contributed by atoms with van der Waals surface area (Å²) in [5.41, 5.74) is -0.0991. The van der Waals surface area contributed by atoms with Gasteiger partial charge in [0.1, 0.15) is 11.5 Å². The Morgan fingerprint density at radius 3 is 2.58 bits per heavy atom. The van der Waals surface area contributed by atoms with Gasteiger partial charge in [-0.15, -0.1) is 4.80 Å². The van der Waals surface area contributed by atoms with E-state index in [4.69, 9.17) is 5.11 Å². The van der Waals surface area contributed by atoms with Crippen molar-refractivity contribution in [2.45, 2.75) is 0 Å². The summed E-state index contributed by atoms with van der Waals surface area (Å²) in [7, 11) is 1.19. The Kier molecular flexibility index (Phi) is 3.37. The van der Waals surface area contributed by atoms with Crippen molar-refractivity contribution < 1.29 is 19.4 Å². The molecule has 0 saturated heterocycles. The van der Waals surface area contributed by atoms with Gasteiger partial charge in [0.05, 0.1) is 19.5 Å². The highest BCUT2D eigenvalue weighted by atomic mass is 16.5. The molecule has 2 aromatic rings. The number of carbonyl (C=O) groups is 2. The van der Waals surface area contributed by atoms with Crippen LogP contribution in [0.2, 0.25) is 0 Å².